The first kappa shape index (κ1) is 19.9. The van der Waals surface area contributed by atoms with Crippen LogP contribution in [-0.4, -0.2) is 33.9 Å². The fourth-order valence-corrected chi connectivity index (χ4v) is 3.63. The molecule has 0 spiro atoms. The highest BCUT2D eigenvalue weighted by Crippen LogP contribution is 2.34. The van der Waals surface area contributed by atoms with E-state index in [-0.39, 0.29) is 22.9 Å². The van der Waals surface area contributed by atoms with Gasteiger partial charge in [-0.2, -0.15) is 13.2 Å². The predicted octanol–water partition coefficient (Wildman–Crippen LogP) is 3.50. The molecule has 0 aliphatic heterocycles. The second kappa shape index (κ2) is 6.97. The highest BCUT2D eigenvalue weighted by molar-refractivity contribution is 7.91. The molecule has 0 saturated heterocycles. The Morgan fingerprint density at radius 3 is 2.36 bits per heavy atom. The molecule has 0 saturated carbocycles. The zero-order valence-corrected chi connectivity index (χ0v) is 15.5. The van der Waals surface area contributed by atoms with E-state index in [0.29, 0.717) is 12.3 Å². The predicted molar refractivity (Wildman–Crippen MR) is 92.4 cm³/mol. The number of pyridine rings is 1. The number of halogens is 4. The van der Waals surface area contributed by atoms with Crippen molar-refractivity contribution in [3.05, 3.63) is 47.9 Å². The second-order valence-electron chi connectivity index (χ2n) is 5.86. The maximum absolute atomic E-state index is 14.1. The molecular formula is C17H14F4N4O2S. The van der Waals surface area contributed by atoms with Crippen molar-refractivity contribution in [2.24, 2.45) is 7.05 Å². The van der Waals surface area contributed by atoms with E-state index < -0.39 is 38.0 Å². The van der Waals surface area contributed by atoms with Gasteiger partial charge in [-0.3, -0.25) is 4.98 Å². The van der Waals surface area contributed by atoms with E-state index >= 15 is 0 Å². The lowest BCUT2D eigenvalue weighted by molar-refractivity contribution is -0.138. The summed E-state index contributed by atoms with van der Waals surface area (Å²) in [6, 6.07) is 6.26. The van der Waals surface area contributed by atoms with E-state index in [1.54, 1.807) is 6.07 Å². The van der Waals surface area contributed by atoms with Gasteiger partial charge in [-0.15, -0.1) is 10.2 Å². The number of rotatable bonds is 4. The summed E-state index contributed by atoms with van der Waals surface area (Å²) in [6.07, 6.45) is -4.23. The Balaban J connectivity index is 2.24. The average Bonchev–Trinajstić information content (AvgIpc) is 3.02. The van der Waals surface area contributed by atoms with Crippen molar-refractivity contribution in [2.75, 3.05) is 5.75 Å². The SMILES string of the molecule is CCS(=O)(=O)c1cc(C(F)(F)F)cnc1-c1nnc(-c2ccccc2F)n1C. The Kier molecular flexibility index (Phi) is 4.96. The molecule has 3 rings (SSSR count). The summed E-state index contributed by atoms with van der Waals surface area (Å²) in [7, 11) is -2.61. The average molecular weight is 414 g/mol. The molecule has 1 aromatic carbocycles. The van der Waals surface area contributed by atoms with E-state index in [1.807, 2.05) is 0 Å². The highest BCUT2D eigenvalue weighted by Gasteiger charge is 2.34. The molecule has 148 valence electrons. The molecule has 0 atom stereocenters. The Morgan fingerprint density at radius 2 is 1.75 bits per heavy atom. The molecule has 0 radical (unpaired) electrons. The number of aromatic nitrogens is 4. The van der Waals surface area contributed by atoms with E-state index in [4.69, 9.17) is 0 Å². The van der Waals surface area contributed by atoms with Gasteiger partial charge < -0.3 is 4.57 Å². The minimum absolute atomic E-state index is 0.0784. The molecule has 0 aliphatic carbocycles. The third-order valence-electron chi connectivity index (χ3n) is 4.10. The fraction of sp³-hybridized carbons (Fsp3) is 0.235. The maximum atomic E-state index is 14.1. The van der Waals surface area contributed by atoms with Crippen molar-refractivity contribution in [3.8, 4) is 22.9 Å². The maximum Gasteiger partial charge on any atom is 0.417 e. The summed E-state index contributed by atoms with van der Waals surface area (Å²) in [6.45, 7) is 1.31. The monoisotopic (exact) mass is 414 g/mol. The van der Waals surface area contributed by atoms with Crippen molar-refractivity contribution in [2.45, 2.75) is 18.0 Å². The Labute approximate surface area is 157 Å². The molecule has 3 aromatic rings. The highest BCUT2D eigenvalue weighted by atomic mass is 32.2. The second-order valence-corrected chi connectivity index (χ2v) is 8.10. The van der Waals surface area contributed by atoms with Crippen molar-refractivity contribution in [3.63, 3.8) is 0 Å². The van der Waals surface area contributed by atoms with Gasteiger partial charge in [0.2, 0.25) is 0 Å². The van der Waals surface area contributed by atoms with Crippen LogP contribution in [0.2, 0.25) is 0 Å². The van der Waals surface area contributed by atoms with Crippen LogP contribution in [0, 0.1) is 5.82 Å². The van der Waals surface area contributed by atoms with Gasteiger partial charge in [-0.25, -0.2) is 12.8 Å². The van der Waals surface area contributed by atoms with Gasteiger partial charge in [0.1, 0.15) is 11.5 Å². The molecule has 0 aliphatic rings. The summed E-state index contributed by atoms with van der Waals surface area (Å²) in [5, 5.41) is 7.70. The van der Waals surface area contributed by atoms with Gasteiger partial charge >= 0.3 is 6.18 Å². The number of nitrogens with zero attached hydrogens (tertiary/aromatic N) is 4. The van der Waals surface area contributed by atoms with Crippen LogP contribution in [-0.2, 0) is 23.1 Å². The smallest absolute Gasteiger partial charge is 0.309 e. The van der Waals surface area contributed by atoms with Gasteiger partial charge in [0.05, 0.1) is 21.8 Å². The number of benzene rings is 1. The number of hydrogen-bond donors (Lipinski definition) is 0. The number of sulfone groups is 1. The molecule has 0 N–H and O–H groups in total. The van der Waals surface area contributed by atoms with Crippen molar-refractivity contribution in [1.29, 1.82) is 0 Å². The Hall–Kier alpha value is -2.82. The van der Waals surface area contributed by atoms with Crippen LogP contribution < -0.4 is 0 Å². The Bertz CT molecular complexity index is 1140. The fourth-order valence-electron chi connectivity index (χ4n) is 2.57. The molecule has 28 heavy (non-hydrogen) atoms. The van der Waals surface area contributed by atoms with E-state index in [2.05, 4.69) is 15.2 Å². The summed E-state index contributed by atoms with van der Waals surface area (Å²) in [4.78, 5) is 3.09. The quantitative estimate of drug-likeness (QED) is 0.611. The first-order valence-corrected chi connectivity index (χ1v) is 9.66. The summed E-state index contributed by atoms with van der Waals surface area (Å²) in [5.74, 6) is -1.03. The van der Waals surface area contributed by atoms with Crippen LogP contribution in [0.5, 0.6) is 0 Å². The van der Waals surface area contributed by atoms with Gasteiger partial charge in [-0.05, 0) is 18.2 Å². The van der Waals surface area contributed by atoms with Gasteiger partial charge in [0, 0.05) is 13.2 Å². The van der Waals surface area contributed by atoms with Gasteiger partial charge in [0.25, 0.3) is 0 Å². The number of hydrogen-bond acceptors (Lipinski definition) is 5. The summed E-state index contributed by atoms with van der Waals surface area (Å²) < 4.78 is 79.2. The van der Waals surface area contributed by atoms with E-state index in [9.17, 15) is 26.0 Å². The zero-order chi connectivity index (χ0) is 20.7. The molecule has 0 fully saturated rings. The van der Waals surface area contributed by atoms with Gasteiger partial charge in [0.15, 0.2) is 21.5 Å². The Morgan fingerprint density at radius 1 is 1.11 bits per heavy atom. The third kappa shape index (κ3) is 3.49. The lowest BCUT2D eigenvalue weighted by Crippen LogP contribution is -2.13. The first-order valence-electron chi connectivity index (χ1n) is 8.01. The minimum Gasteiger partial charge on any atom is -0.309 e. The van der Waals surface area contributed by atoms with Crippen molar-refractivity contribution < 1.29 is 26.0 Å². The van der Waals surface area contributed by atoms with Crippen LogP contribution in [0.15, 0.2) is 41.4 Å². The van der Waals surface area contributed by atoms with Crippen LogP contribution in [0.25, 0.3) is 22.9 Å². The van der Waals surface area contributed by atoms with Crippen LogP contribution in [0.1, 0.15) is 12.5 Å². The van der Waals surface area contributed by atoms with Crippen molar-refractivity contribution in [1.82, 2.24) is 19.7 Å². The lowest BCUT2D eigenvalue weighted by atomic mass is 10.2. The zero-order valence-electron chi connectivity index (χ0n) is 14.7. The van der Waals surface area contributed by atoms with Crippen LogP contribution >= 0.6 is 0 Å². The molecule has 6 nitrogen and oxygen atoms in total. The van der Waals surface area contributed by atoms with E-state index in [0.717, 1.165) is 0 Å². The molecular weight excluding hydrogens is 400 g/mol. The molecule has 0 amide bonds. The van der Waals surface area contributed by atoms with Gasteiger partial charge in [-0.1, -0.05) is 19.1 Å². The molecule has 2 heterocycles. The number of alkyl halides is 3. The molecule has 0 bridgehead atoms. The molecule has 11 heteroatoms. The largest absolute Gasteiger partial charge is 0.417 e. The summed E-state index contributed by atoms with van der Waals surface area (Å²) in [5.41, 5.74) is -1.37. The third-order valence-corrected chi connectivity index (χ3v) is 5.84. The van der Waals surface area contributed by atoms with Crippen LogP contribution in [0.3, 0.4) is 0 Å². The van der Waals surface area contributed by atoms with Crippen LogP contribution in [0.4, 0.5) is 17.6 Å². The lowest BCUT2D eigenvalue weighted by Gasteiger charge is -2.12. The van der Waals surface area contributed by atoms with E-state index in [1.165, 1.54) is 36.7 Å². The standard InChI is InChI=1S/C17H14F4N4O2S/c1-3-28(26,27)13-8-10(17(19,20)21)9-22-14(13)16-24-23-15(25(16)2)11-6-4-5-7-12(11)18/h4-9H,3H2,1-2H3. The topological polar surface area (TPSA) is 77.7 Å². The normalized spacial score (nSPS) is 12.4. The minimum atomic E-state index is -4.76. The molecule has 0 unspecified atom stereocenters. The summed E-state index contributed by atoms with van der Waals surface area (Å²) >= 11 is 0. The van der Waals surface area contributed by atoms with Crippen molar-refractivity contribution >= 4 is 9.84 Å². The molecule has 2 aromatic heterocycles. The first-order chi connectivity index (χ1) is 13.1.